The number of nitrogens with zero attached hydrogens (tertiary/aromatic N) is 2. The van der Waals surface area contributed by atoms with Crippen molar-refractivity contribution in [3.05, 3.63) is 65.7 Å². The SMILES string of the molecule is COc1ccc(CCNC(=O)C(C)N2CCN(CCc3ccccc3)CC2)cc1. The largest absolute Gasteiger partial charge is 0.497 e. The molecule has 156 valence electrons. The van der Waals surface area contributed by atoms with Gasteiger partial charge in [-0.15, -0.1) is 0 Å². The van der Waals surface area contributed by atoms with Crippen LogP contribution in [0.3, 0.4) is 0 Å². The molecule has 0 saturated carbocycles. The average molecular weight is 396 g/mol. The van der Waals surface area contributed by atoms with Crippen LogP contribution in [-0.2, 0) is 17.6 Å². The number of piperazine rings is 1. The molecule has 1 unspecified atom stereocenters. The van der Waals surface area contributed by atoms with Gasteiger partial charge in [0.25, 0.3) is 0 Å². The minimum absolute atomic E-state index is 0.0814. The molecule has 5 heteroatoms. The molecular weight excluding hydrogens is 362 g/mol. The van der Waals surface area contributed by atoms with Crippen LogP contribution in [0.2, 0.25) is 0 Å². The molecule has 1 aliphatic rings. The van der Waals surface area contributed by atoms with Crippen LogP contribution in [0.5, 0.6) is 5.75 Å². The Morgan fingerprint density at radius 3 is 2.28 bits per heavy atom. The van der Waals surface area contributed by atoms with Gasteiger partial charge in [0, 0.05) is 39.3 Å². The molecule has 0 spiro atoms. The van der Waals surface area contributed by atoms with Crippen LogP contribution in [0.25, 0.3) is 0 Å². The van der Waals surface area contributed by atoms with Gasteiger partial charge in [-0.1, -0.05) is 42.5 Å². The first-order valence-electron chi connectivity index (χ1n) is 10.6. The van der Waals surface area contributed by atoms with E-state index in [2.05, 4.69) is 45.4 Å². The van der Waals surface area contributed by atoms with E-state index in [0.717, 1.165) is 51.3 Å². The van der Waals surface area contributed by atoms with Gasteiger partial charge in [0.2, 0.25) is 5.91 Å². The van der Waals surface area contributed by atoms with Crippen molar-refractivity contribution in [2.45, 2.75) is 25.8 Å². The second kappa shape index (κ2) is 11.0. The van der Waals surface area contributed by atoms with Gasteiger partial charge >= 0.3 is 0 Å². The van der Waals surface area contributed by atoms with Crippen molar-refractivity contribution >= 4 is 5.91 Å². The number of carbonyl (C=O) groups is 1. The zero-order chi connectivity index (χ0) is 20.5. The highest BCUT2D eigenvalue weighted by atomic mass is 16.5. The van der Waals surface area contributed by atoms with Gasteiger partial charge in [-0.2, -0.15) is 0 Å². The van der Waals surface area contributed by atoms with E-state index < -0.39 is 0 Å². The Bertz CT molecular complexity index is 740. The third kappa shape index (κ3) is 6.58. The Morgan fingerprint density at radius 2 is 1.62 bits per heavy atom. The van der Waals surface area contributed by atoms with Crippen LogP contribution >= 0.6 is 0 Å². The lowest BCUT2D eigenvalue weighted by Crippen LogP contribution is -2.54. The second-order valence-corrected chi connectivity index (χ2v) is 7.68. The van der Waals surface area contributed by atoms with Crippen LogP contribution < -0.4 is 10.1 Å². The molecule has 1 N–H and O–H groups in total. The van der Waals surface area contributed by atoms with Crippen molar-refractivity contribution in [2.24, 2.45) is 0 Å². The molecule has 0 aromatic heterocycles. The average Bonchev–Trinajstić information content (AvgIpc) is 2.78. The standard InChI is InChI=1S/C24H33N3O2/c1-20(24(28)25-14-12-22-8-10-23(29-2)11-9-22)27-18-16-26(17-19-27)15-13-21-6-4-3-5-7-21/h3-11,20H,12-19H2,1-2H3,(H,25,28). The minimum Gasteiger partial charge on any atom is -0.497 e. The fraction of sp³-hybridized carbons (Fsp3) is 0.458. The smallest absolute Gasteiger partial charge is 0.237 e. The van der Waals surface area contributed by atoms with E-state index in [0.29, 0.717) is 6.54 Å². The summed E-state index contributed by atoms with van der Waals surface area (Å²) in [4.78, 5) is 17.3. The summed E-state index contributed by atoms with van der Waals surface area (Å²) in [5, 5.41) is 3.09. The third-order valence-electron chi connectivity index (χ3n) is 5.77. The van der Waals surface area contributed by atoms with E-state index in [1.165, 1.54) is 11.1 Å². The van der Waals surface area contributed by atoms with E-state index in [9.17, 15) is 4.79 Å². The summed E-state index contributed by atoms with van der Waals surface area (Å²) in [6, 6.07) is 18.6. The van der Waals surface area contributed by atoms with Crippen LogP contribution in [0.15, 0.2) is 54.6 Å². The van der Waals surface area contributed by atoms with Gasteiger partial charge in [0.1, 0.15) is 5.75 Å². The fourth-order valence-corrected chi connectivity index (χ4v) is 3.74. The Hall–Kier alpha value is -2.37. The van der Waals surface area contributed by atoms with Gasteiger partial charge in [0.05, 0.1) is 13.2 Å². The number of hydrogen-bond donors (Lipinski definition) is 1. The van der Waals surface area contributed by atoms with Crippen molar-refractivity contribution in [1.82, 2.24) is 15.1 Å². The van der Waals surface area contributed by atoms with Crippen LogP contribution in [0.4, 0.5) is 0 Å². The van der Waals surface area contributed by atoms with Crippen LogP contribution in [-0.4, -0.2) is 68.1 Å². The molecule has 1 amide bonds. The molecule has 1 atom stereocenters. The lowest BCUT2D eigenvalue weighted by molar-refractivity contribution is -0.126. The molecule has 1 aliphatic heterocycles. The third-order valence-corrected chi connectivity index (χ3v) is 5.77. The maximum Gasteiger partial charge on any atom is 0.237 e. The van der Waals surface area contributed by atoms with E-state index in [4.69, 9.17) is 4.74 Å². The summed E-state index contributed by atoms with van der Waals surface area (Å²) < 4.78 is 5.18. The van der Waals surface area contributed by atoms with Crippen molar-refractivity contribution in [3.63, 3.8) is 0 Å². The summed E-state index contributed by atoms with van der Waals surface area (Å²) >= 11 is 0. The molecule has 2 aromatic rings. The number of nitrogens with one attached hydrogen (secondary N) is 1. The topological polar surface area (TPSA) is 44.8 Å². The Balaban J connectivity index is 1.34. The molecule has 0 bridgehead atoms. The number of carbonyl (C=O) groups excluding carboxylic acids is 1. The summed E-state index contributed by atoms with van der Waals surface area (Å²) in [5.74, 6) is 0.977. The van der Waals surface area contributed by atoms with Gasteiger partial charge in [-0.25, -0.2) is 0 Å². The van der Waals surface area contributed by atoms with Gasteiger partial charge in [-0.3, -0.25) is 9.69 Å². The molecule has 1 fully saturated rings. The number of ether oxygens (including phenoxy) is 1. The highest BCUT2D eigenvalue weighted by molar-refractivity contribution is 5.81. The highest BCUT2D eigenvalue weighted by Gasteiger charge is 2.25. The summed E-state index contributed by atoms with van der Waals surface area (Å²) in [5.41, 5.74) is 2.59. The maximum absolute atomic E-state index is 12.5. The number of methoxy groups -OCH3 is 1. The maximum atomic E-state index is 12.5. The van der Waals surface area contributed by atoms with Crippen molar-refractivity contribution < 1.29 is 9.53 Å². The van der Waals surface area contributed by atoms with E-state index in [1.54, 1.807) is 7.11 Å². The summed E-state index contributed by atoms with van der Waals surface area (Å²) in [7, 11) is 1.67. The van der Waals surface area contributed by atoms with Gasteiger partial charge in [0.15, 0.2) is 0 Å². The zero-order valence-corrected chi connectivity index (χ0v) is 17.6. The van der Waals surface area contributed by atoms with Crippen molar-refractivity contribution in [3.8, 4) is 5.75 Å². The second-order valence-electron chi connectivity index (χ2n) is 7.68. The predicted octanol–water partition coefficient (Wildman–Crippen LogP) is 2.60. The highest BCUT2D eigenvalue weighted by Crippen LogP contribution is 2.12. The van der Waals surface area contributed by atoms with E-state index >= 15 is 0 Å². The molecule has 2 aromatic carbocycles. The van der Waals surface area contributed by atoms with E-state index in [1.807, 2.05) is 31.2 Å². The lowest BCUT2D eigenvalue weighted by atomic mass is 10.1. The van der Waals surface area contributed by atoms with Gasteiger partial charge in [-0.05, 0) is 43.0 Å². The minimum atomic E-state index is -0.0814. The molecular formula is C24H33N3O2. The molecule has 5 nitrogen and oxygen atoms in total. The number of amides is 1. The quantitative estimate of drug-likeness (QED) is 0.709. The number of benzene rings is 2. The predicted molar refractivity (Wildman–Crippen MR) is 117 cm³/mol. The fourth-order valence-electron chi connectivity index (χ4n) is 3.74. The Kier molecular flexibility index (Phi) is 8.08. The first kappa shape index (κ1) is 21.3. The number of hydrogen-bond acceptors (Lipinski definition) is 4. The molecule has 1 saturated heterocycles. The van der Waals surface area contributed by atoms with Crippen LogP contribution in [0.1, 0.15) is 18.1 Å². The first-order chi connectivity index (χ1) is 14.2. The number of rotatable bonds is 9. The summed E-state index contributed by atoms with van der Waals surface area (Å²) in [6.45, 7) is 7.70. The molecule has 1 heterocycles. The zero-order valence-electron chi connectivity index (χ0n) is 17.6. The Morgan fingerprint density at radius 1 is 0.966 bits per heavy atom. The van der Waals surface area contributed by atoms with Gasteiger partial charge < -0.3 is 15.0 Å². The lowest BCUT2D eigenvalue weighted by Gasteiger charge is -2.37. The normalized spacial score (nSPS) is 16.3. The van der Waals surface area contributed by atoms with Crippen molar-refractivity contribution in [2.75, 3.05) is 46.4 Å². The summed E-state index contributed by atoms with van der Waals surface area (Å²) in [6.07, 6.45) is 1.91. The molecule has 3 rings (SSSR count). The molecule has 29 heavy (non-hydrogen) atoms. The van der Waals surface area contributed by atoms with Crippen LogP contribution in [0, 0.1) is 0 Å². The molecule has 0 aliphatic carbocycles. The Labute approximate surface area is 174 Å². The monoisotopic (exact) mass is 395 g/mol. The van der Waals surface area contributed by atoms with Crippen molar-refractivity contribution in [1.29, 1.82) is 0 Å². The first-order valence-corrected chi connectivity index (χ1v) is 10.6. The van der Waals surface area contributed by atoms with E-state index in [-0.39, 0.29) is 11.9 Å². The molecule has 0 radical (unpaired) electrons.